The molecule has 0 spiro atoms. The fourth-order valence-corrected chi connectivity index (χ4v) is 4.23. The molecule has 5 heterocycles. The van der Waals surface area contributed by atoms with Crippen molar-refractivity contribution < 1.29 is 4.74 Å². The predicted octanol–water partition coefficient (Wildman–Crippen LogP) is 2.30. The third kappa shape index (κ3) is 3.40. The van der Waals surface area contributed by atoms with E-state index in [0.29, 0.717) is 0 Å². The van der Waals surface area contributed by atoms with Crippen molar-refractivity contribution in [3.8, 4) is 16.9 Å². The highest BCUT2D eigenvalue weighted by atomic mass is 16.5. The molecule has 0 amide bonds. The smallest absolute Gasteiger partial charge is 0.126 e. The van der Waals surface area contributed by atoms with Gasteiger partial charge in [-0.25, -0.2) is 0 Å². The summed E-state index contributed by atoms with van der Waals surface area (Å²) in [4.78, 5) is 14.0. The molecule has 0 aliphatic carbocycles. The van der Waals surface area contributed by atoms with Crippen LogP contribution in [0.3, 0.4) is 0 Å². The number of fused-ring (bicyclic) bond motifs is 8. The molecule has 0 atom stereocenters. The fraction of sp³-hybridized carbons (Fsp3) is 0.0370. The molecule has 156 valence electrons. The Morgan fingerprint density at radius 2 is 1.12 bits per heavy atom. The summed E-state index contributed by atoms with van der Waals surface area (Å²) in [6.45, 7) is 0. The van der Waals surface area contributed by atoms with Gasteiger partial charge in [-0.3, -0.25) is 0 Å². The second-order valence-corrected chi connectivity index (χ2v) is 7.94. The van der Waals surface area contributed by atoms with Gasteiger partial charge >= 0.3 is 0 Å². The molecule has 0 fully saturated rings. The second-order valence-electron chi connectivity index (χ2n) is 7.94. The summed E-state index contributed by atoms with van der Waals surface area (Å²) in [6, 6.07) is 22.8. The highest BCUT2D eigenvalue weighted by Crippen LogP contribution is 2.26. The van der Waals surface area contributed by atoms with E-state index in [1.165, 1.54) is 0 Å². The van der Waals surface area contributed by atoms with Gasteiger partial charge in [0.05, 0.1) is 7.11 Å². The van der Waals surface area contributed by atoms with E-state index in [1.807, 2.05) is 18.2 Å². The largest absolute Gasteiger partial charge is 0.496 e. The molecule has 8 bridgehead atoms. The molecule has 4 aromatic heterocycles. The number of aromatic amines is 4. The van der Waals surface area contributed by atoms with Gasteiger partial charge < -0.3 is 24.7 Å². The number of benzene rings is 1. The van der Waals surface area contributed by atoms with E-state index in [2.05, 4.69) is 92.8 Å². The van der Waals surface area contributed by atoms with Crippen LogP contribution in [-0.4, -0.2) is 27.0 Å². The summed E-state index contributed by atoms with van der Waals surface area (Å²) in [5, 5.41) is 4.13. The molecule has 5 heteroatoms. The summed E-state index contributed by atoms with van der Waals surface area (Å²) in [7, 11) is 1.71. The number of para-hydroxylation sites is 1. The number of hydrogen-bond donors (Lipinski definition) is 4. The van der Waals surface area contributed by atoms with E-state index >= 15 is 0 Å². The Kier molecular flexibility index (Phi) is 4.25. The molecule has 0 unspecified atom stereocenters. The summed E-state index contributed by atoms with van der Waals surface area (Å²) in [6.07, 6.45) is 8.47. The molecule has 0 saturated carbocycles. The highest BCUT2D eigenvalue weighted by molar-refractivity contribution is 5.73. The first-order chi connectivity index (χ1) is 15.7. The molecular weight excluding hydrogens is 396 g/mol. The third-order valence-corrected chi connectivity index (χ3v) is 5.69. The number of nitrogens with one attached hydrogen (secondary N) is 4. The van der Waals surface area contributed by atoms with Crippen molar-refractivity contribution in [2.75, 3.05) is 7.11 Å². The van der Waals surface area contributed by atoms with Crippen LogP contribution in [-0.2, 0) is 0 Å². The van der Waals surface area contributed by atoms with Gasteiger partial charge in [0, 0.05) is 55.3 Å². The van der Waals surface area contributed by atoms with Crippen molar-refractivity contribution in [3.05, 3.63) is 111 Å². The normalized spacial score (nSPS) is 12.3. The summed E-state index contributed by atoms with van der Waals surface area (Å²) >= 11 is 0. The average Bonchev–Trinajstić information content (AvgIpc) is 3.59. The molecule has 32 heavy (non-hydrogen) atoms. The molecule has 0 radical (unpaired) electrons. The predicted molar refractivity (Wildman–Crippen MR) is 128 cm³/mol. The van der Waals surface area contributed by atoms with Gasteiger partial charge in [-0.05, 0) is 72.8 Å². The molecule has 5 nitrogen and oxygen atoms in total. The van der Waals surface area contributed by atoms with Crippen LogP contribution in [0.25, 0.3) is 35.4 Å². The zero-order valence-electron chi connectivity index (χ0n) is 17.6. The van der Waals surface area contributed by atoms with Crippen LogP contribution in [0.4, 0.5) is 0 Å². The van der Waals surface area contributed by atoms with Gasteiger partial charge in [0.2, 0.25) is 0 Å². The number of ether oxygens (including phenoxy) is 1. The van der Waals surface area contributed by atoms with Crippen molar-refractivity contribution in [1.29, 1.82) is 0 Å². The van der Waals surface area contributed by atoms with Crippen LogP contribution in [0.15, 0.2) is 66.7 Å². The maximum absolute atomic E-state index is 5.64. The number of H-pyrrole nitrogens is 4. The molecule has 6 rings (SSSR count). The first-order valence-corrected chi connectivity index (χ1v) is 10.6. The lowest BCUT2D eigenvalue weighted by Gasteiger charge is -2.06. The first kappa shape index (κ1) is 18.4. The summed E-state index contributed by atoms with van der Waals surface area (Å²) < 4.78 is 5.64. The Balaban J connectivity index is 1.64. The molecule has 5 aromatic rings. The van der Waals surface area contributed by atoms with Gasteiger partial charge in [0.1, 0.15) is 5.75 Å². The van der Waals surface area contributed by atoms with Crippen LogP contribution >= 0.6 is 0 Å². The Morgan fingerprint density at radius 1 is 0.531 bits per heavy atom. The number of methoxy groups -OCH3 is 1. The van der Waals surface area contributed by atoms with Crippen molar-refractivity contribution in [2.24, 2.45) is 0 Å². The number of rotatable bonds is 2. The molecule has 1 aliphatic rings. The maximum Gasteiger partial charge on any atom is 0.126 e. The van der Waals surface area contributed by atoms with E-state index in [4.69, 9.17) is 4.74 Å². The minimum absolute atomic E-state index is 0.846. The van der Waals surface area contributed by atoms with Gasteiger partial charge in [0.25, 0.3) is 0 Å². The van der Waals surface area contributed by atoms with Gasteiger partial charge in [-0.15, -0.1) is 0 Å². The Morgan fingerprint density at radius 3 is 1.78 bits per heavy atom. The standard InChI is InChI=1S/C27H22N4O/c1-32-27-5-3-2-4-24(27)25-15-23-14-21-9-8-19(29-21)12-17-6-7-18(28-17)13-20-10-11-22(30-20)16-26(25)31-23/h2-16,28-31H,1H3. The highest BCUT2D eigenvalue weighted by Gasteiger charge is 2.09. The average molecular weight is 419 g/mol. The lowest BCUT2D eigenvalue weighted by Crippen LogP contribution is -2.11. The van der Waals surface area contributed by atoms with Crippen LogP contribution < -0.4 is 26.1 Å². The van der Waals surface area contributed by atoms with Crippen LogP contribution in [0.2, 0.25) is 0 Å². The molecule has 1 aromatic carbocycles. The fourth-order valence-electron chi connectivity index (χ4n) is 4.23. The minimum atomic E-state index is 0.846. The number of hydrogen-bond acceptors (Lipinski definition) is 1. The first-order valence-electron chi connectivity index (χ1n) is 10.6. The molecular formula is C27H22N4O. The second kappa shape index (κ2) is 7.39. The Bertz CT molecular complexity index is 1670. The van der Waals surface area contributed by atoms with E-state index in [1.54, 1.807) is 7.11 Å². The van der Waals surface area contributed by atoms with Crippen LogP contribution in [0.1, 0.15) is 22.8 Å². The summed E-state index contributed by atoms with van der Waals surface area (Å²) in [5.41, 5.74) is 6.27. The van der Waals surface area contributed by atoms with Crippen LogP contribution in [0.5, 0.6) is 5.75 Å². The summed E-state index contributed by atoms with van der Waals surface area (Å²) in [5.74, 6) is 0.846. The zero-order valence-corrected chi connectivity index (χ0v) is 17.6. The van der Waals surface area contributed by atoms with Crippen LogP contribution in [0, 0.1) is 0 Å². The van der Waals surface area contributed by atoms with Gasteiger partial charge in [0.15, 0.2) is 0 Å². The lowest BCUT2D eigenvalue weighted by molar-refractivity contribution is 0.416. The van der Waals surface area contributed by atoms with Crippen molar-refractivity contribution in [2.45, 2.75) is 0 Å². The zero-order chi connectivity index (χ0) is 21.5. The topological polar surface area (TPSA) is 72.4 Å². The van der Waals surface area contributed by atoms with Gasteiger partial charge in [-0.1, -0.05) is 18.2 Å². The quantitative estimate of drug-likeness (QED) is 0.342. The molecule has 4 N–H and O–H groups in total. The van der Waals surface area contributed by atoms with E-state index < -0.39 is 0 Å². The van der Waals surface area contributed by atoms with E-state index in [0.717, 1.165) is 61.0 Å². The monoisotopic (exact) mass is 418 g/mol. The Hall–Kier alpha value is -4.38. The van der Waals surface area contributed by atoms with Gasteiger partial charge in [-0.2, -0.15) is 0 Å². The van der Waals surface area contributed by atoms with Crippen molar-refractivity contribution in [3.63, 3.8) is 0 Å². The third-order valence-electron chi connectivity index (χ3n) is 5.69. The minimum Gasteiger partial charge on any atom is -0.496 e. The van der Waals surface area contributed by atoms with E-state index in [-0.39, 0.29) is 0 Å². The van der Waals surface area contributed by atoms with Crippen molar-refractivity contribution >= 4 is 24.3 Å². The lowest BCUT2D eigenvalue weighted by atomic mass is 10.1. The van der Waals surface area contributed by atoms with Crippen molar-refractivity contribution in [1.82, 2.24) is 19.9 Å². The number of aromatic nitrogens is 4. The molecule has 1 aliphatic heterocycles. The Labute approximate surface area is 184 Å². The SMILES string of the molecule is COc1ccccc1-c1cc2[nH]c1=Cc1ccc([nH]1)C=c1ccc([nH]1)=Cc1ccc([nH]1)C=2. The van der Waals surface area contributed by atoms with E-state index in [9.17, 15) is 0 Å². The maximum atomic E-state index is 5.64. The molecule has 0 saturated heterocycles.